The average Bonchev–Trinajstić information content (AvgIpc) is 2.80. The second-order valence-corrected chi connectivity index (χ2v) is 6.41. The number of hydrogen-bond acceptors (Lipinski definition) is 5. The summed E-state index contributed by atoms with van der Waals surface area (Å²) in [4.78, 5) is 35.8. The second-order valence-electron chi connectivity index (χ2n) is 6.41. The number of methoxy groups -OCH3 is 1. The van der Waals surface area contributed by atoms with Crippen LogP contribution in [0.2, 0.25) is 0 Å². The third kappa shape index (κ3) is 5.77. The summed E-state index contributed by atoms with van der Waals surface area (Å²) in [5, 5.41) is 16.2. The molecule has 0 aromatic heterocycles. The lowest BCUT2D eigenvalue weighted by atomic mass is 10.1. The van der Waals surface area contributed by atoms with Gasteiger partial charge in [0.25, 0.3) is 17.5 Å². The van der Waals surface area contributed by atoms with Crippen LogP contribution >= 0.6 is 0 Å². The number of carbonyl (C=O) groups is 2. The van der Waals surface area contributed by atoms with Crippen molar-refractivity contribution in [1.82, 2.24) is 5.32 Å². The Labute approximate surface area is 178 Å². The molecular formula is C23H19N3O5. The predicted octanol–water partition coefficient (Wildman–Crippen LogP) is 4.01. The molecule has 3 rings (SSSR count). The molecule has 3 aromatic carbocycles. The summed E-state index contributed by atoms with van der Waals surface area (Å²) in [5.41, 5.74) is 1.32. The number of anilines is 1. The molecule has 0 unspecified atom stereocenters. The molecule has 0 aliphatic heterocycles. The molecule has 156 valence electrons. The van der Waals surface area contributed by atoms with E-state index in [1.807, 2.05) is 0 Å². The average molecular weight is 417 g/mol. The predicted molar refractivity (Wildman–Crippen MR) is 117 cm³/mol. The third-order valence-electron chi connectivity index (χ3n) is 4.29. The van der Waals surface area contributed by atoms with E-state index in [1.165, 1.54) is 37.5 Å². The lowest BCUT2D eigenvalue weighted by Crippen LogP contribution is -2.30. The topological polar surface area (TPSA) is 111 Å². The SMILES string of the molecule is COc1ccc(NC(=O)/C(=C/c2ccc([N+](=O)[O-])cc2)NC(=O)c2ccccc2)cc1. The highest BCUT2D eigenvalue weighted by atomic mass is 16.6. The van der Waals surface area contributed by atoms with Gasteiger partial charge >= 0.3 is 0 Å². The molecule has 0 aliphatic rings. The van der Waals surface area contributed by atoms with Gasteiger partial charge in [-0.05, 0) is 60.2 Å². The van der Waals surface area contributed by atoms with Crippen molar-refractivity contribution in [1.29, 1.82) is 0 Å². The zero-order valence-electron chi connectivity index (χ0n) is 16.6. The largest absolute Gasteiger partial charge is 0.497 e. The van der Waals surface area contributed by atoms with Crippen molar-refractivity contribution in [2.75, 3.05) is 12.4 Å². The molecule has 0 spiro atoms. The maximum atomic E-state index is 12.9. The fourth-order valence-electron chi connectivity index (χ4n) is 2.67. The quantitative estimate of drug-likeness (QED) is 0.343. The molecular weight excluding hydrogens is 398 g/mol. The van der Waals surface area contributed by atoms with Crippen molar-refractivity contribution < 1.29 is 19.2 Å². The van der Waals surface area contributed by atoms with Crippen LogP contribution in [0.3, 0.4) is 0 Å². The van der Waals surface area contributed by atoms with Crippen molar-refractivity contribution in [2.45, 2.75) is 0 Å². The Bertz CT molecular complexity index is 1110. The summed E-state index contributed by atoms with van der Waals surface area (Å²) >= 11 is 0. The van der Waals surface area contributed by atoms with E-state index < -0.39 is 16.7 Å². The van der Waals surface area contributed by atoms with E-state index in [9.17, 15) is 19.7 Å². The fraction of sp³-hybridized carbons (Fsp3) is 0.0435. The van der Waals surface area contributed by atoms with Gasteiger partial charge < -0.3 is 15.4 Å². The lowest BCUT2D eigenvalue weighted by molar-refractivity contribution is -0.384. The minimum absolute atomic E-state index is 0.0153. The molecule has 0 fully saturated rings. The Morgan fingerprint density at radius 3 is 2.16 bits per heavy atom. The van der Waals surface area contributed by atoms with Gasteiger partial charge in [-0.1, -0.05) is 18.2 Å². The molecule has 31 heavy (non-hydrogen) atoms. The summed E-state index contributed by atoms with van der Waals surface area (Å²) in [6.45, 7) is 0. The number of carbonyl (C=O) groups excluding carboxylic acids is 2. The summed E-state index contributed by atoms with van der Waals surface area (Å²) in [5.74, 6) is -0.372. The Kier molecular flexibility index (Phi) is 6.74. The Morgan fingerprint density at radius 1 is 0.935 bits per heavy atom. The van der Waals surface area contributed by atoms with Gasteiger partial charge in [-0.2, -0.15) is 0 Å². The lowest BCUT2D eigenvalue weighted by Gasteiger charge is -2.12. The molecule has 0 radical (unpaired) electrons. The van der Waals surface area contributed by atoms with Crippen LogP contribution in [-0.2, 0) is 4.79 Å². The molecule has 2 amide bonds. The molecule has 3 aromatic rings. The number of nitro benzene ring substituents is 1. The molecule has 0 aliphatic carbocycles. The summed E-state index contributed by atoms with van der Waals surface area (Å²) in [7, 11) is 1.54. The standard InChI is InChI=1S/C23H19N3O5/c1-31-20-13-9-18(10-14-20)24-23(28)21(25-22(27)17-5-3-2-4-6-17)15-16-7-11-19(12-8-16)26(29)30/h2-15H,1H3,(H,24,28)(H,25,27)/b21-15-. The highest BCUT2D eigenvalue weighted by Crippen LogP contribution is 2.17. The highest BCUT2D eigenvalue weighted by Gasteiger charge is 2.15. The molecule has 0 saturated carbocycles. The maximum Gasteiger partial charge on any atom is 0.272 e. The van der Waals surface area contributed by atoms with Gasteiger partial charge in [-0.25, -0.2) is 0 Å². The van der Waals surface area contributed by atoms with Crippen LogP contribution in [0.4, 0.5) is 11.4 Å². The monoisotopic (exact) mass is 417 g/mol. The summed E-state index contributed by atoms with van der Waals surface area (Å²) in [6.07, 6.45) is 1.45. The molecule has 8 heteroatoms. The number of benzene rings is 3. The van der Waals surface area contributed by atoms with E-state index in [2.05, 4.69) is 10.6 Å². The maximum absolute atomic E-state index is 12.9. The van der Waals surface area contributed by atoms with E-state index in [-0.39, 0.29) is 11.4 Å². The number of hydrogen-bond donors (Lipinski definition) is 2. The first kappa shape index (κ1) is 21.3. The van der Waals surface area contributed by atoms with Crippen molar-refractivity contribution in [3.05, 3.63) is 106 Å². The van der Waals surface area contributed by atoms with Crippen LogP contribution in [0.5, 0.6) is 5.75 Å². The summed E-state index contributed by atoms with van der Waals surface area (Å²) in [6, 6.07) is 20.8. The molecule has 0 saturated heterocycles. The number of nitro groups is 1. The molecule has 2 N–H and O–H groups in total. The van der Waals surface area contributed by atoms with Gasteiger partial charge in [0.1, 0.15) is 11.4 Å². The third-order valence-corrected chi connectivity index (χ3v) is 4.29. The van der Waals surface area contributed by atoms with Gasteiger partial charge in [0.15, 0.2) is 0 Å². The molecule has 0 bridgehead atoms. The van der Waals surface area contributed by atoms with Gasteiger partial charge in [-0.15, -0.1) is 0 Å². The van der Waals surface area contributed by atoms with Crippen molar-refractivity contribution in [3.63, 3.8) is 0 Å². The van der Waals surface area contributed by atoms with Gasteiger partial charge in [-0.3, -0.25) is 19.7 Å². The number of non-ortho nitro benzene ring substituents is 1. The zero-order chi connectivity index (χ0) is 22.2. The Hall–Kier alpha value is -4.46. The Balaban J connectivity index is 1.87. The fourth-order valence-corrected chi connectivity index (χ4v) is 2.67. The molecule has 0 atom stereocenters. The van der Waals surface area contributed by atoms with Crippen LogP contribution in [0.1, 0.15) is 15.9 Å². The van der Waals surface area contributed by atoms with E-state index >= 15 is 0 Å². The van der Waals surface area contributed by atoms with Crippen molar-refractivity contribution in [2.24, 2.45) is 0 Å². The van der Waals surface area contributed by atoms with Crippen LogP contribution in [0.15, 0.2) is 84.6 Å². The number of ether oxygens (including phenoxy) is 1. The minimum atomic E-state index is -0.548. The number of amides is 2. The minimum Gasteiger partial charge on any atom is -0.497 e. The second kappa shape index (κ2) is 9.84. The van der Waals surface area contributed by atoms with Crippen molar-refractivity contribution >= 4 is 29.3 Å². The number of nitrogens with zero attached hydrogens (tertiary/aromatic N) is 1. The number of rotatable bonds is 7. The van der Waals surface area contributed by atoms with Crippen LogP contribution < -0.4 is 15.4 Å². The van der Waals surface area contributed by atoms with Gasteiger partial charge in [0.05, 0.1) is 12.0 Å². The van der Waals surface area contributed by atoms with E-state index in [0.29, 0.717) is 22.6 Å². The first-order valence-electron chi connectivity index (χ1n) is 9.24. The normalized spacial score (nSPS) is 10.8. The van der Waals surface area contributed by atoms with Gasteiger partial charge in [0.2, 0.25) is 0 Å². The Morgan fingerprint density at radius 2 is 1.58 bits per heavy atom. The molecule has 0 heterocycles. The first-order chi connectivity index (χ1) is 15.0. The smallest absolute Gasteiger partial charge is 0.272 e. The van der Waals surface area contributed by atoms with Gasteiger partial charge in [0, 0.05) is 23.4 Å². The zero-order valence-corrected chi connectivity index (χ0v) is 16.6. The van der Waals surface area contributed by atoms with Crippen LogP contribution in [0, 0.1) is 10.1 Å². The van der Waals surface area contributed by atoms with E-state index in [4.69, 9.17) is 4.74 Å². The van der Waals surface area contributed by atoms with E-state index in [1.54, 1.807) is 54.6 Å². The van der Waals surface area contributed by atoms with Crippen molar-refractivity contribution in [3.8, 4) is 5.75 Å². The first-order valence-corrected chi connectivity index (χ1v) is 9.24. The van der Waals surface area contributed by atoms with Crippen LogP contribution in [-0.4, -0.2) is 23.8 Å². The molecule has 8 nitrogen and oxygen atoms in total. The van der Waals surface area contributed by atoms with Crippen LogP contribution in [0.25, 0.3) is 6.08 Å². The highest BCUT2D eigenvalue weighted by molar-refractivity contribution is 6.10. The van der Waals surface area contributed by atoms with E-state index in [0.717, 1.165) is 0 Å². The summed E-state index contributed by atoms with van der Waals surface area (Å²) < 4.78 is 5.10. The number of nitrogens with one attached hydrogen (secondary N) is 2.